The van der Waals surface area contributed by atoms with E-state index >= 15 is 0 Å². The Kier molecular flexibility index (Phi) is 6.34. The Morgan fingerprint density at radius 2 is 1.76 bits per heavy atom. The number of aromatic nitrogens is 1. The first-order valence-electron chi connectivity index (χ1n) is 9.25. The number of rotatable bonds is 7. The molecule has 0 atom stereocenters. The molecule has 0 bridgehead atoms. The van der Waals surface area contributed by atoms with Crippen molar-refractivity contribution in [1.82, 2.24) is 4.98 Å². The number of nitrogens with one attached hydrogen (secondary N) is 1. The van der Waals surface area contributed by atoms with Crippen molar-refractivity contribution in [2.75, 3.05) is 6.61 Å². The molecule has 3 rings (SSSR count). The summed E-state index contributed by atoms with van der Waals surface area (Å²) in [5, 5.41) is 0.620. The lowest BCUT2D eigenvalue weighted by Gasteiger charge is -2.13. The molecule has 1 N–H and O–H groups in total. The first kappa shape index (κ1) is 20.2. The summed E-state index contributed by atoms with van der Waals surface area (Å²) in [5.41, 5.74) is 2.10. The zero-order valence-electron chi connectivity index (χ0n) is 16.7. The predicted octanol–water partition coefficient (Wildman–Crippen LogP) is 4.38. The van der Waals surface area contributed by atoms with Gasteiger partial charge in [-0.1, -0.05) is 35.9 Å². The summed E-state index contributed by atoms with van der Waals surface area (Å²) in [6.45, 7) is 5.79. The number of aromatic amines is 1. The maximum atomic E-state index is 12.5. The minimum absolute atomic E-state index is 0.148. The van der Waals surface area contributed by atoms with E-state index in [1.54, 1.807) is 18.2 Å². The second kappa shape index (κ2) is 9.10. The van der Waals surface area contributed by atoms with Crippen LogP contribution in [0.4, 0.5) is 0 Å². The fraction of sp³-hybridized carbons (Fsp3) is 0.217. The molecule has 0 aliphatic carbocycles. The van der Waals surface area contributed by atoms with Crippen LogP contribution in [-0.4, -0.2) is 17.6 Å². The van der Waals surface area contributed by atoms with Crippen molar-refractivity contribution in [2.45, 2.75) is 27.4 Å². The first-order chi connectivity index (χ1) is 13.9. The van der Waals surface area contributed by atoms with Gasteiger partial charge in [0.1, 0.15) is 19.0 Å². The molecule has 0 aliphatic heterocycles. The highest BCUT2D eigenvalue weighted by Gasteiger charge is 2.18. The van der Waals surface area contributed by atoms with Gasteiger partial charge in [-0.3, -0.25) is 9.59 Å². The summed E-state index contributed by atoms with van der Waals surface area (Å²) in [5.74, 6) is 0.0911. The fourth-order valence-electron chi connectivity index (χ4n) is 2.73. The van der Waals surface area contributed by atoms with Crippen molar-refractivity contribution in [3.63, 3.8) is 0 Å². The van der Waals surface area contributed by atoms with E-state index in [0.29, 0.717) is 23.3 Å². The summed E-state index contributed by atoms with van der Waals surface area (Å²) in [6.07, 6.45) is 1.88. The Morgan fingerprint density at radius 3 is 2.45 bits per heavy atom. The summed E-state index contributed by atoms with van der Waals surface area (Å²) in [4.78, 5) is 26.7. The van der Waals surface area contributed by atoms with Crippen molar-refractivity contribution in [2.24, 2.45) is 0 Å². The quantitative estimate of drug-likeness (QED) is 0.476. The highest BCUT2D eigenvalue weighted by atomic mass is 16.6. The van der Waals surface area contributed by atoms with Crippen LogP contribution in [0.25, 0.3) is 10.9 Å². The van der Waals surface area contributed by atoms with E-state index in [4.69, 9.17) is 14.2 Å². The Labute approximate surface area is 168 Å². The van der Waals surface area contributed by atoms with Crippen LogP contribution in [0.3, 0.4) is 0 Å². The highest BCUT2D eigenvalue weighted by molar-refractivity contribution is 5.89. The molecule has 2 aromatic carbocycles. The molecule has 29 heavy (non-hydrogen) atoms. The van der Waals surface area contributed by atoms with Gasteiger partial charge in [0.15, 0.2) is 5.75 Å². The van der Waals surface area contributed by atoms with Crippen LogP contribution in [0, 0.1) is 0 Å². The number of hydrogen-bond donors (Lipinski definition) is 1. The number of carbonyl (C=O) groups excluding carboxylic acids is 1. The molecule has 0 spiro atoms. The van der Waals surface area contributed by atoms with Gasteiger partial charge in [-0.2, -0.15) is 0 Å². The molecule has 0 saturated carbocycles. The highest BCUT2D eigenvalue weighted by Crippen LogP contribution is 2.33. The van der Waals surface area contributed by atoms with Gasteiger partial charge < -0.3 is 19.2 Å². The van der Waals surface area contributed by atoms with Crippen LogP contribution in [0.2, 0.25) is 0 Å². The fourth-order valence-corrected chi connectivity index (χ4v) is 2.73. The lowest BCUT2D eigenvalue weighted by atomic mass is 10.2. The Bertz CT molecular complexity index is 1100. The molecule has 0 fully saturated rings. The maximum absolute atomic E-state index is 12.5. The molecule has 0 aliphatic rings. The molecule has 150 valence electrons. The van der Waals surface area contributed by atoms with Crippen LogP contribution >= 0.6 is 0 Å². The van der Waals surface area contributed by atoms with Crippen molar-refractivity contribution in [1.29, 1.82) is 0 Å². The van der Waals surface area contributed by atoms with Gasteiger partial charge in [0.2, 0.25) is 5.75 Å². The van der Waals surface area contributed by atoms with Gasteiger partial charge in [-0.05, 0) is 37.6 Å². The average Bonchev–Trinajstić information content (AvgIpc) is 2.68. The largest absolute Gasteiger partial charge is 0.489 e. The van der Waals surface area contributed by atoms with Crippen molar-refractivity contribution < 1.29 is 19.0 Å². The number of fused-ring (bicyclic) bond motifs is 1. The third-order valence-corrected chi connectivity index (χ3v) is 4.11. The summed E-state index contributed by atoms with van der Waals surface area (Å²) in [7, 11) is 0. The van der Waals surface area contributed by atoms with Gasteiger partial charge in [-0.15, -0.1) is 0 Å². The van der Waals surface area contributed by atoms with Crippen molar-refractivity contribution >= 4 is 16.9 Å². The average molecular weight is 393 g/mol. The number of H-pyrrole nitrogens is 1. The lowest BCUT2D eigenvalue weighted by Crippen LogP contribution is -2.16. The van der Waals surface area contributed by atoms with Gasteiger partial charge in [0, 0.05) is 18.4 Å². The molecular formula is C23H23NO5. The van der Waals surface area contributed by atoms with Crippen LogP contribution in [-0.2, 0) is 11.4 Å². The van der Waals surface area contributed by atoms with Crippen LogP contribution in [0.15, 0.2) is 65.0 Å². The Balaban J connectivity index is 1.96. The van der Waals surface area contributed by atoms with Gasteiger partial charge >= 0.3 is 5.97 Å². The van der Waals surface area contributed by atoms with Crippen molar-refractivity contribution in [3.8, 4) is 17.2 Å². The summed E-state index contributed by atoms with van der Waals surface area (Å²) < 4.78 is 16.7. The molecule has 6 heteroatoms. The van der Waals surface area contributed by atoms with Crippen molar-refractivity contribution in [3.05, 3.63) is 76.1 Å². The van der Waals surface area contributed by atoms with Gasteiger partial charge in [0.25, 0.3) is 5.56 Å². The third-order valence-electron chi connectivity index (χ3n) is 4.11. The second-order valence-corrected chi connectivity index (χ2v) is 6.78. The molecule has 1 heterocycles. The van der Waals surface area contributed by atoms with E-state index in [-0.39, 0.29) is 18.1 Å². The number of pyridine rings is 1. The van der Waals surface area contributed by atoms with E-state index in [1.807, 2.05) is 50.3 Å². The van der Waals surface area contributed by atoms with Gasteiger partial charge in [0.05, 0.1) is 5.52 Å². The van der Waals surface area contributed by atoms with Crippen LogP contribution < -0.4 is 19.8 Å². The second-order valence-electron chi connectivity index (χ2n) is 6.78. The maximum Gasteiger partial charge on any atom is 0.308 e. The molecule has 6 nitrogen and oxygen atoms in total. The van der Waals surface area contributed by atoms with Crippen LogP contribution in [0.1, 0.15) is 26.3 Å². The number of allylic oxidation sites excluding steroid dienone is 1. The number of carbonyl (C=O) groups is 1. The minimum atomic E-state index is -0.593. The Morgan fingerprint density at radius 1 is 1.00 bits per heavy atom. The molecular weight excluding hydrogens is 370 g/mol. The van der Waals surface area contributed by atoms with E-state index < -0.39 is 11.5 Å². The molecule has 0 saturated heterocycles. The normalized spacial score (nSPS) is 10.4. The zero-order valence-corrected chi connectivity index (χ0v) is 16.7. The SMILES string of the molecule is CC(=O)Oc1c(OCC=C(C)C)c2ccc(OCc3ccccc3)cc2[nH]c1=O. The smallest absolute Gasteiger partial charge is 0.308 e. The lowest BCUT2D eigenvalue weighted by molar-refractivity contribution is -0.132. The Hall–Kier alpha value is -3.54. The number of hydrogen-bond acceptors (Lipinski definition) is 5. The summed E-state index contributed by atoms with van der Waals surface area (Å²) in [6, 6.07) is 15.1. The van der Waals surface area contributed by atoms with E-state index in [1.165, 1.54) is 6.92 Å². The zero-order chi connectivity index (χ0) is 20.8. The number of esters is 1. The number of ether oxygens (including phenoxy) is 3. The topological polar surface area (TPSA) is 77.6 Å². The van der Waals surface area contributed by atoms with E-state index in [0.717, 1.165) is 11.1 Å². The molecule has 0 amide bonds. The third kappa shape index (κ3) is 5.25. The number of benzene rings is 2. The van der Waals surface area contributed by atoms with E-state index in [2.05, 4.69) is 4.98 Å². The monoisotopic (exact) mass is 393 g/mol. The van der Waals surface area contributed by atoms with Gasteiger partial charge in [-0.25, -0.2) is 0 Å². The molecule has 0 unspecified atom stereocenters. The van der Waals surface area contributed by atoms with E-state index in [9.17, 15) is 9.59 Å². The van der Waals surface area contributed by atoms with Crippen LogP contribution in [0.5, 0.6) is 17.2 Å². The molecule has 3 aromatic rings. The minimum Gasteiger partial charge on any atom is -0.489 e. The standard InChI is InChI=1S/C23H23NO5/c1-15(2)11-12-27-21-19-10-9-18(28-14-17-7-5-4-6-8-17)13-20(19)24-23(26)22(21)29-16(3)25/h4-11,13H,12,14H2,1-3H3,(H,24,26). The molecule has 0 radical (unpaired) electrons. The first-order valence-corrected chi connectivity index (χ1v) is 9.25. The molecule has 1 aromatic heterocycles. The predicted molar refractivity (Wildman–Crippen MR) is 112 cm³/mol. The summed E-state index contributed by atoms with van der Waals surface area (Å²) >= 11 is 0.